The van der Waals surface area contributed by atoms with Crippen LogP contribution in [0.4, 0.5) is 11.4 Å². The van der Waals surface area contributed by atoms with Gasteiger partial charge >= 0.3 is 0 Å². The number of aromatic nitrogens is 3. The third kappa shape index (κ3) is 6.53. The Morgan fingerprint density at radius 3 is 1.88 bits per heavy atom. The van der Waals surface area contributed by atoms with Gasteiger partial charge in [-0.05, 0) is 95.6 Å². The maximum atomic E-state index is 5.12. The van der Waals surface area contributed by atoms with Gasteiger partial charge in [-0.1, -0.05) is 146 Å². The fraction of sp³-hybridized carbons (Fsp3) is 0.0169. The van der Waals surface area contributed by atoms with Crippen molar-refractivity contribution in [2.45, 2.75) is 0 Å². The zero-order chi connectivity index (χ0) is 42.6. The maximum absolute atomic E-state index is 5.12. The van der Waals surface area contributed by atoms with Crippen LogP contribution in [0, 0.1) is 0 Å². The van der Waals surface area contributed by atoms with E-state index in [9.17, 15) is 0 Å². The van der Waals surface area contributed by atoms with E-state index in [1.54, 1.807) is 0 Å². The van der Waals surface area contributed by atoms with Crippen LogP contribution < -0.4 is 4.90 Å². The van der Waals surface area contributed by atoms with Gasteiger partial charge in [0.1, 0.15) is 0 Å². The number of allylic oxidation sites excluding steroid dienone is 4. The second kappa shape index (κ2) is 15.7. The van der Waals surface area contributed by atoms with Gasteiger partial charge in [-0.15, -0.1) is 11.3 Å². The average molecular weight is 837 g/mol. The number of hydrogen-bond acceptors (Lipinski definition) is 4. The molecule has 0 spiro atoms. The number of nitrogens with zero attached hydrogens (tertiary/aromatic N) is 4. The number of rotatable bonds is 6. The van der Waals surface area contributed by atoms with E-state index in [0.29, 0.717) is 5.82 Å². The fourth-order valence-electron chi connectivity index (χ4n) is 9.26. The summed E-state index contributed by atoms with van der Waals surface area (Å²) in [5.74, 6) is 0.693. The van der Waals surface area contributed by atoms with Crippen LogP contribution in [0.25, 0.3) is 98.3 Å². The number of fused-ring (bicyclic) bond motifs is 8. The van der Waals surface area contributed by atoms with Crippen LogP contribution in [0.15, 0.2) is 225 Å². The molecule has 11 aromatic rings. The van der Waals surface area contributed by atoms with E-state index in [-0.39, 0.29) is 0 Å². The number of anilines is 2. The number of benzene rings is 8. The molecular weight excluding hydrogens is 797 g/mol. The predicted molar refractivity (Wildman–Crippen MR) is 272 cm³/mol. The van der Waals surface area contributed by atoms with E-state index in [2.05, 4.69) is 222 Å². The third-order valence-electron chi connectivity index (χ3n) is 12.4. The molecule has 64 heavy (non-hydrogen) atoms. The lowest BCUT2D eigenvalue weighted by atomic mass is 9.96. The summed E-state index contributed by atoms with van der Waals surface area (Å²) in [5, 5.41) is 5.06. The van der Waals surface area contributed by atoms with Gasteiger partial charge in [0.15, 0.2) is 5.82 Å². The Kier molecular flexibility index (Phi) is 9.20. The molecule has 1 aliphatic rings. The Morgan fingerprint density at radius 2 is 1.12 bits per heavy atom. The highest BCUT2D eigenvalue weighted by Gasteiger charge is 2.21. The van der Waals surface area contributed by atoms with Crippen LogP contribution in [0.2, 0.25) is 0 Å². The van der Waals surface area contributed by atoms with Gasteiger partial charge in [-0.2, -0.15) is 0 Å². The molecule has 0 N–H and O–H groups in total. The molecule has 12 rings (SSSR count). The van der Waals surface area contributed by atoms with Crippen molar-refractivity contribution in [3.05, 3.63) is 231 Å². The molecule has 0 bridgehead atoms. The molecule has 0 atom stereocenters. The summed E-state index contributed by atoms with van der Waals surface area (Å²) in [4.78, 5) is 12.6. The van der Waals surface area contributed by atoms with Crippen molar-refractivity contribution in [3.8, 4) is 50.7 Å². The summed E-state index contributed by atoms with van der Waals surface area (Å²) in [6.45, 7) is 5.31. The summed E-state index contributed by atoms with van der Waals surface area (Å²) in [7, 11) is 0. The zero-order valence-electron chi connectivity index (χ0n) is 34.9. The van der Waals surface area contributed by atoms with E-state index < -0.39 is 0 Å². The molecule has 5 heteroatoms. The highest BCUT2D eigenvalue weighted by molar-refractivity contribution is 7.26. The van der Waals surface area contributed by atoms with Crippen LogP contribution in [0.1, 0.15) is 5.56 Å². The molecule has 8 aromatic carbocycles. The summed E-state index contributed by atoms with van der Waals surface area (Å²) in [6, 6.07) is 69.3. The highest BCUT2D eigenvalue weighted by atomic mass is 32.1. The molecule has 3 aromatic heterocycles. The van der Waals surface area contributed by atoms with Crippen molar-refractivity contribution in [3.63, 3.8) is 0 Å². The van der Waals surface area contributed by atoms with Crippen LogP contribution in [0.3, 0.4) is 0 Å². The third-order valence-corrected chi connectivity index (χ3v) is 13.6. The molecule has 0 unspecified atom stereocenters. The Bertz CT molecular complexity index is 3580. The van der Waals surface area contributed by atoms with Crippen molar-refractivity contribution in [2.24, 2.45) is 0 Å². The summed E-state index contributed by atoms with van der Waals surface area (Å²) < 4.78 is 5.01. The second-order valence-corrected chi connectivity index (χ2v) is 17.3. The Morgan fingerprint density at radius 1 is 0.484 bits per heavy atom. The van der Waals surface area contributed by atoms with Gasteiger partial charge in [-0.3, -0.25) is 0 Å². The van der Waals surface area contributed by atoms with Crippen molar-refractivity contribution < 1.29 is 0 Å². The first-order valence-electron chi connectivity index (χ1n) is 21.6. The minimum Gasteiger partial charge on any atom is -0.337 e. The van der Waals surface area contributed by atoms with E-state index in [1.165, 1.54) is 36.5 Å². The van der Waals surface area contributed by atoms with Gasteiger partial charge in [0.25, 0.3) is 0 Å². The second-order valence-electron chi connectivity index (χ2n) is 16.2. The fourth-order valence-corrected chi connectivity index (χ4v) is 10.5. The van der Waals surface area contributed by atoms with E-state index >= 15 is 0 Å². The monoisotopic (exact) mass is 836 g/mol. The quantitative estimate of drug-likeness (QED) is 0.167. The number of hydrogen-bond donors (Lipinski definition) is 0. The minimum absolute atomic E-state index is 0.693. The first kappa shape index (κ1) is 37.6. The normalized spacial score (nSPS) is 13.8. The molecule has 1 aliphatic heterocycles. The van der Waals surface area contributed by atoms with Crippen LogP contribution >= 0.6 is 11.3 Å². The van der Waals surface area contributed by atoms with Crippen LogP contribution in [0.5, 0.6) is 0 Å². The topological polar surface area (TPSA) is 34.0 Å². The molecule has 0 amide bonds. The zero-order valence-corrected chi connectivity index (χ0v) is 35.7. The largest absolute Gasteiger partial charge is 0.337 e. The first-order chi connectivity index (χ1) is 31.6. The van der Waals surface area contributed by atoms with Gasteiger partial charge in [0.05, 0.1) is 22.4 Å². The van der Waals surface area contributed by atoms with Gasteiger partial charge < -0.3 is 9.47 Å². The highest BCUT2D eigenvalue weighted by Crippen LogP contribution is 2.45. The Hall–Kier alpha value is -8.12. The van der Waals surface area contributed by atoms with Crippen molar-refractivity contribution in [1.82, 2.24) is 14.5 Å². The van der Waals surface area contributed by atoms with E-state index in [1.807, 2.05) is 23.5 Å². The SMILES string of the molecule is C=C1/C=C\C=C/CN(c2ccccc2)c2ccc(-c3ccc4c(c3)c3c5sc6ccccc6c5ccc3n4-c3ccc(-c4nc(-c5ccccc5)cc(-c5ccccc5)n4)cc3)cc21. The number of thiophene rings is 1. The van der Waals surface area contributed by atoms with E-state index in [4.69, 9.17) is 9.97 Å². The Balaban J connectivity index is 1.01. The van der Waals surface area contributed by atoms with Gasteiger partial charge in [0.2, 0.25) is 0 Å². The summed E-state index contributed by atoms with van der Waals surface area (Å²) in [5.41, 5.74) is 15.0. The van der Waals surface area contributed by atoms with Crippen LogP contribution in [-0.4, -0.2) is 21.1 Å². The lowest BCUT2D eigenvalue weighted by Gasteiger charge is -2.27. The molecule has 0 radical (unpaired) electrons. The standard InChI is InChI=1S/C59H40N4S/c1-39-16-6-5-15-35-62(45-21-11-4-12-22-45)53-32-27-43(36-49(39)53)44-28-33-54-50(37-44)57-55(34-31-48-47-23-13-14-24-56(47)64-58(48)57)63(54)46-29-25-42(26-30-46)59-60-51(40-17-7-2-8-18-40)38-52(61-59)41-19-9-3-10-20-41/h2-34,36-38H,1,35H2/b15-5-,16-6-. The molecule has 0 saturated carbocycles. The molecular formula is C59H40N4S. The van der Waals surface area contributed by atoms with Crippen molar-refractivity contribution >= 4 is 70.3 Å². The molecule has 0 aliphatic carbocycles. The van der Waals surface area contributed by atoms with Gasteiger partial charge in [-0.25, -0.2) is 9.97 Å². The molecule has 0 saturated heterocycles. The summed E-state index contributed by atoms with van der Waals surface area (Å²) >= 11 is 1.88. The lowest BCUT2D eigenvalue weighted by molar-refractivity contribution is 1.09. The molecule has 0 fully saturated rings. The minimum atomic E-state index is 0.693. The molecule has 302 valence electrons. The van der Waals surface area contributed by atoms with Crippen molar-refractivity contribution in [1.29, 1.82) is 0 Å². The Labute approximate surface area is 375 Å². The van der Waals surface area contributed by atoms with E-state index in [0.717, 1.165) is 79.5 Å². The predicted octanol–water partition coefficient (Wildman–Crippen LogP) is 15.9. The molecule has 4 heterocycles. The number of para-hydroxylation sites is 1. The lowest BCUT2D eigenvalue weighted by Crippen LogP contribution is -2.18. The first-order valence-corrected chi connectivity index (χ1v) is 22.4. The molecule has 4 nitrogen and oxygen atoms in total. The summed E-state index contributed by atoms with van der Waals surface area (Å²) in [6.07, 6.45) is 8.51. The average Bonchev–Trinajstić information content (AvgIpc) is 3.93. The maximum Gasteiger partial charge on any atom is 0.160 e. The van der Waals surface area contributed by atoms with Crippen molar-refractivity contribution in [2.75, 3.05) is 11.4 Å². The van der Waals surface area contributed by atoms with Crippen LogP contribution in [-0.2, 0) is 0 Å². The van der Waals surface area contributed by atoms with Gasteiger partial charge in [0, 0.05) is 76.8 Å². The smallest absolute Gasteiger partial charge is 0.160 e.